The third kappa shape index (κ3) is 4.21. The van der Waals surface area contributed by atoms with Gasteiger partial charge >= 0.3 is 0 Å². The molecule has 0 saturated heterocycles. The Bertz CT molecular complexity index is 991. The highest BCUT2D eigenvalue weighted by atomic mass is 16.6. The normalized spacial score (nSPS) is 10.6. The molecule has 28 heavy (non-hydrogen) atoms. The average molecular weight is 374 g/mol. The lowest BCUT2D eigenvalue weighted by Crippen LogP contribution is -2.03. The van der Waals surface area contributed by atoms with Crippen LogP contribution in [-0.4, -0.2) is 24.0 Å². The molecule has 0 bridgehead atoms. The highest BCUT2D eigenvalue weighted by Gasteiger charge is 2.13. The summed E-state index contributed by atoms with van der Waals surface area (Å²) in [7, 11) is 1.28. The van der Waals surface area contributed by atoms with Crippen molar-refractivity contribution in [3.8, 4) is 11.5 Å². The van der Waals surface area contributed by atoms with Crippen molar-refractivity contribution in [3.05, 3.63) is 99.6 Å². The van der Waals surface area contributed by atoms with E-state index in [1.807, 2.05) is 60.7 Å². The van der Waals surface area contributed by atoms with Gasteiger partial charge < -0.3 is 9.84 Å². The fourth-order valence-electron chi connectivity index (χ4n) is 2.60. The minimum atomic E-state index is -0.776. The van der Waals surface area contributed by atoms with Crippen LogP contribution in [-0.2, 0) is 0 Å². The summed E-state index contributed by atoms with van der Waals surface area (Å²) in [6.07, 6.45) is 1.35. The largest absolute Gasteiger partial charge is 0.865 e. The van der Waals surface area contributed by atoms with Gasteiger partial charge in [-0.15, -0.1) is 5.10 Å². The molecule has 0 radical (unpaired) electrons. The Morgan fingerprint density at radius 2 is 1.57 bits per heavy atom. The maximum atomic E-state index is 11.9. The van der Waals surface area contributed by atoms with E-state index < -0.39 is 16.4 Å². The van der Waals surface area contributed by atoms with Gasteiger partial charge in [-0.3, -0.25) is 10.1 Å². The summed E-state index contributed by atoms with van der Waals surface area (Å²) in [6, 6.07) is 21.6. The zero-order valence-electron chi connectivity index (χ0n) is 15.0. The molecule has 0 saturated carbocycles. The Morgan fingerprint density at radius 1 is 1.00 bits per heavy atom. The van der Waals surface area contributed by atoms with E-state index in [0.29, 0.717) is 11.3 Å². The molecule has 0 N–H and O–H groups in total. The van der Waals surface area contributed by atoms with Gasteiger partial charge in [0.15, 0.2) is 0 Å². The van der Waals surface area contributed by atoms with E-state index in [-0.39, 0.29) is 5.75 Å². The Hall–Kier alpha value is -4.00. The molecule has 0 fully saturated rings. The van der Waals surface area contributed by atoms with Gasteiger partial charge in [-0.25, -0.2) is 0 Å². The van der Waals surface area contributed by atoms with Crippen LogP contribution in [0.2, 0.25) is 0 Å². The van der Waals surface area contributed by atoms with Crippen LogP contribution >= 0.6 is 0 Å². The second-order valence-electron chi connectivity index (χ2n) is 5.75. The van der Waals surface area contributed by atoms with Gasteiger partial charge in [0.1, 0.15) is 11.5 Å². The number of nitro benzene ring substituents is 1. The number of benzene rings is 3. The molecule has 0 spiro atoms. The van der Waals surface area contributed by atoms with Crippen LogP contribution in [0.4, 0.5) is 5.69 Å². The molecule has 7 heteroatoms. The van der Waals surface area contributed by atoms with Crippen LogP contribution < -0.4 is 9.84 Å². The van der Waals surface area contributed by atoms with Crippen molar-refractivity contribution in [1.29, 1.82) is 0 Å². The number of nitro groups is 1. The van der Waals surface area contributed by atoms with Gasteiger partial charge in [-0.2, -0.15) is 5.10 Å². The average Bonchev–Trinajstić information content (AvgIpc) is 2.73. The first-order valence-corrected chi connectivity index (χ1v) is 8.35. The highest BCUT2D eigenvalue weighted by Crippen LogP contribution is 2.33. The third-order valence-corrected chi connectivity index (χ3v) is 3.93. The molecule has 7 nitrogen and oxygen atoms in total. The van der Waals surface area contributed by atoms with Gasteiger partial charge in [0, 0.05) is 28.5 Å². The van der Waals surface area contributed by atoms with E-state index in [2.05, 4.69) is 10.2 Å². The first-order valence-electron chi connectivity index (χ1n) is 8.35. The van der Waals surface area contributed by atoms with E-state index in [1.165, 1.54) is 19.4 Å². The fraction of sp³-hybridized carbons (Fsp3) is 0.0476. The van der Waals surface area contributed by atoms with Crippen molar-refractivity contribution in [2.75, 3.05) is 7.11 Å². The zero-order chi connectivity index (χ0) is 19.9. The number of hydrogen-bond acceptors (Lipinski definition) is 6. The number of hydrogen-bond donors (Lipinski definition) is 0. The molecule has 0 unspecified atom stereocenters. The Morgan fingerprint density at radius 3 is 2.07 bits per heavy atom. The molecule has 3 rings (SSSR count). The third-order valence-electron chi connectivity index (χ3n) is 3.93. The standard InChI is InChI=1S/C21H17N3O4/c1-28-19-13-15(12-18(21(19)25)24(26)27)14-22-23-20(16-8-4-2-5-9-16)17-10-6-3-7-11-17/h2-14,25H,1H3/p-1/b22-14-. The molecule has 0 atom stereocenters. The van der Waals surface area contributed by atoms with Gasteiger partial charge in [0.25, 0.3) is 5.69 Å². The first-order chi connectivity index (χ1) is 13.6. The molecule has 0 aliphatic heterocycles. The quantitative estimate of drug-likeness (QED) is 0.374. The lowest BCUT2D eigenvalue weighted by atomic mass is 10.0. The lowest BCUT2D eigenvalue weighted by Gasteiger charge is -2.12. The zero-order valence-corrected chi connectivity index (χ0v) is 15.0. The Labute approximate surface area is 161 Å². The van der Waals surface area contributed by atoms with Crippen LogP contribution in [0.5, 0.6) is 11.5 Å². The summed E-state index contributed by atoms with van der Waals surface area (Å²) in [5, 5.41) is 31.4. The minimum Gasteiger partial charge on any atom is -0.865 e. The molecular weight excluding hydrogens is 358 g/mol. The van der Waals surface area contributed by atoms with Crippen LogP contribution in [0, 0.1) is 10.1 Å². The predicted molar refractivity (Wildman–Crippen MR) is 105 cm³/mol. The second kappa shape index (κ2) is 8.59. The van der Waals surface area contributed by atoms with Gasteiger partial charge in [-0.05, 0) is 6.07 Å². The molecular formula is C21H16N3O4-. The number of ether oxygens (including phenoxy) is 1. The fourth-order valence-corrected chi connectivity index (χ4v) is 2.60. The summed E-state index contributed by atoms with van der Waals surface area (Å²) < 4.78 is 4.93. The maximum absolute atomic E-state index is 11.9. The number of methoxy groups -OCH3 is 1. The number of nitrogens with zero attached hydrogens (tertiary/aromatic N) is 3. The summed E-state index contributed by atoms with van der Waals surface area (Å²) >= 11 is 0. The summed E-state index contributed by atoms with van der Waals surface area (Å²) in [6.45, 7) is 0. The smallest absolute Gasteiger partial charge is 0.266 e. The molecule has 140 valence electrons. The lowest BCUT2D eigenvalue weighted by molar-refractivity contribution is -0.398. The summed E-state index contributed by atoms with van der Waals surface area (Å²) in [5.41, 5.74) is 2.18. The summed E-state index contributed by atoms with van der Waals surface area (Å²) in [5.74, 6) is -0.895. The van der Waals surface area contributed by atoms with E-state index in [4.69, 9.17) is 4.74 Å². The molecule has 3 aromatic rings. The monoisotopic (exact) mass is 374 g/mol. The van der Waals surface area contributed by atoms with Gasteiger partial charge in [0.2, 0.25) is 0 Å². The second-order valence-corrected chi connectivity index (χ2v) is 5.75. The summed E-state index contributed by atoms with van der Waals surface area (Å²) in [4.78, 5) is 10.3. The van der Waals surface area contributed by atoms with Crippen LogP contribution in [0.15, 0.2) is 83.0 Å². The molecule has 0 amide bonds. The van der Waals surface area contributed by atoms with Crippen molar-refractivity contribution < 1.29 is 14.8 Å². The van der Waals surface area contributed by atoms with Crippen molar-refractivity contribution in [2.45, 2.75) is 0 Å². The highest BCUT2D eigenvalue weighted by molar-refractivity contribution is 6.12. The van der Waals surface area contributed by atoms with Crippen molar-refractivity contribution in [1.82, 2.24) is 0 Å². The molecule has 0 aromatic heterocycles. The van der Waals surface area contributed by atoms with Crippen molar-refractivity contribution in [2.24, 2.45) is 10.2 Å². The topological polar surface area (TPSA) is 100 Å². The van der Waals surface area contributed by atoms with Crippen molar-refractivity contribution >= 4 is 17.6 Å². The Kier molecular flexibility index (Phi) is 5.76. The van der Waals surface area contributed by atoms with Crippen LogP contribution in [0.25, 0.3) is 0 Å². The van der Waals surface area contributed by atoms with E-state index >= 15 is 0 Å². The Balaban J connectivity index is 2.01. The molecule has 0 aliphatic carbocycles. The van der Waals surface area contributed by atoms with Crippen LogP contribution in [0.3, 0.4) is 0 Å². The van der Waals surface area contributed by atoms with E-state index in [9.17, 15) is 15.2 Å². The molecule has 0 aliphatic rings. The minimum absolute atomic E-state index is 0.119. The molecule has 0 heterocycles. The first kappa shape index (κ1) is 18.8. The molecule has 3 aromatic carbocycles. The SMILES string of the molecule is COc1cc(/C=N\N=C(c2ccccc2)c2ccccc2)cc([N+](=O)[O-])c1[O-]. The maximum Gasteiger partial charge on any atom is 0.266 e. The van der Waals surface area contributed by atoms with E-state index in [0.717, 1.165) is 17.2 Å². The van der Waals surface area contributed by atoms with Crippen molar-refractivity contribution in [3.63, 3.8) is 0 Å². The van der Waals surface area contributed by atoms with Gasteiger partial charge in [0.05, 0.1) is 18.2 Å². The van der Waals surface area contributed by atoms with Crippen LogP contribution in [0.1, 0.15) is 16.7 Å². The van der Waals surface area contributed by atoms with E-state index in [1.54, 1.807) is 0 Å². The predicted octanol–water partition coefficient (Wildman–Crippen LogP) is 3.55. The van der Waals surface area contributed by atoms with Gasteiger partial charge in [-0.1, -0.05) is 60.7 Å². The number of rotatable bonds is 6.